The zero-order valence-electron chi connectivity index (χ0n) is 15.5. The topological polar surface area (TPSA) is 68.3 Å². The highest BCUT2D eigenvalue weighted by atomic mass is 19.1. The number of hydrogen-bond acceptors (Lipinski definition) is 4. The zero-order valence-corrected chi connectivity index (χ0v) is 15.5. The SMILES string of the molecule is Cc1nc(-c2ccccc2)ccc1C(=O)OC(C)C(=O)Nc1cccc(F)c1. The van der Waals surface area contributed by atoms with Crippen LogP contribution in [-0.4, -0.2) is 23.0 Å². The molecule has 1 unspecified atom stereocenters. The lowest BCUT2D eigenvalue weighted by atomic mass is 10.1. The lowest BCUT2D eigenvalue weighted by molar-refractivity contribution is -0.123. The predicted octanol–water partition coefficient (Wildman–Crippen LogP) is 4.38. The van der Waals surface area contributed by atoms with Crippen LogP contribution < -0.4 is 5.32 Å². The number of esters is 1. The normalized spacial score (nSPS) is 11.5. The monoisotopic (exact) mass is 378 g/mol. The number of anilines is 1. The number of halogens is 1. The third-order valence-corrected chi connectivity index (χ3v) is 4.12. The molecule has 0 bridgehead atoms. The van der Waals surface area contributed by atoms with Crippen LogP contribution in [0.2, 0.25) is 0 Å². The maximum Gasteiger partial charge on any atom is 0.340 e. The van der Waals surface area contributed by atoms with Gasteiger partial charge in [0, 0.05) is 11.3 Å². The fourth-order valence-corrected chi connectivity index (χ4v) is 2.63. The van der Waals surface area contributed by atoms with Crippen LogP contribution in [0.25, 0.3) is 11.3 Å². The van der Waals surface area contributed by atoms with Crippen LogP contribution in [0.5, 0.6) is 0 Å². The number of pyridine rings is 1. The molecule has 2 aromatic carbocycles. The summed E-state index contributed by atoms with van der Waals surface area (Å²) in [5.41, 5.74) is 2.76. The number of carbonyl (C=O) groups excluding carboxylic acids is 2. The highest BCUT2D eigenvalue weighted by Gasteiger charge is 2.21. The Morgan fingerprint density at radius 3 is 2.46 bits per heavy atom. The molecule has 28 heavy (non-hydrogen) atoms. The van der Waals surface area contributed by atoms with E-state index in [2.05, 4.69) is 10.3 Å². The van der Waals surface area contributed by atoms with E-state index < -0.39 is 23.8 Å². The van der Waals surface area contributed by atoms with Crippen molar-refractivity contribution in [1.29, 1.82) is 0 Å². The molecule has 1 heterocycles. The van der Waals surface area contributed by atoms with Gasteiger partial charge in [0.25, 0.3) is 5.91 Å². The summed E-state index contributed by atoms with van der Waals surface area (Å²) >= 11 is 0. The molecule has 0 spiro atoms. The van der Waals surface area contributed by atoms with E-state index in [1.54, 1.807) is 25.1 Å². The van der Waals surface area contributed by atoms with Crippen molar-refractivity contribution < 1.29 is 18.7 Å². The Kier molecular flexibility index (Phi) is 5.79. The summed E-state index contributed by atoms with van der Waals surface area (Å²) in [5, 5.41) is 2.51. The third-order valence-electron chi connectivity index (χ3n) is 4.12. The summed E-state index contributed by atoms with van der Waals surface area (Å²) in [6.07, 6.45) is -1.05. The minimum absolute atomic E-state index is 0.282. The van der Waals surface area contributed by atoms with E-state index in [1.165, 1.54) is 25.1 Å². The van der Waals surface area contributed by atoms with Crippen molar-refractivity contribution in [2.24, 2.45) is 0 Å². The maximum absolute atomic E-state index is 13.2. The first-order valence-corrected chi connectivity index (χ1v) is 8.74. The molecule has 1 amide bonds. The molecule has 3 rings (SSSR count). The number of amides is 1. The largest absolute Gasteiger partial charge is 0.449 e. The number of ether oxygens (including phenoxy) is 1. The van der Waals surface area contributed by atoms with Gasteiger partial charge >= 0.3 is 5.97 Å². The van der Waals surface area contributed by atoms with Crippen molar-refractivity contribution >= 4 is 17.6 Å². The average Bonchev–Trinajstić information content (AvgIpc) is 2.68. The van der Waals surface area contributed by atoms with E-state index in [4.69, 9.17) is 4.74 Å². The molecular formula is C22H19FN2O3. The van der Waals surface area contributed by atoms with Crippen molar-refractivity contribution in [3.63, 3.8) is 0 Å². The number of benzene rings is 2. The van der Waals surface area contributed by atoms with Crippen molar-refractivity contribution in [1.82, 2.24) is 4.98 Å². The molecule has 1 aromatic heterocycles. The minimum atomic E-state index is -1.05. The quantitative estimate of drug-likeness (QED) is 0.669. The van der Waals surface area contributed by atoms with Gasteiger partial charge in [0.1, 0.15) is 5.82 Å². The number of aryl methyl sites for hydroxylation is 1. The Balaban J connectivity index is 1.67. The molecule has 0 saturated carbocycles. The molecule has 0 saturated heterocycles. The Hall–Kier alpha value is -3.54. The first-order chi connectivity index (χ1) is 13.4. The lowest BCUT2D eigenvalue weighted by Gasteiger charge is -2.14. The number of nitrogens with one attached hydrogen (secondary N) is 1. The number of hydrogen-bond donors (Lipinski definition) is 1. The molecule has 5 nitrogen and oxygen atoms in total. The second-order valence-electron chi connectivity index (χ2n) is 6.24. The summed E-state index contributed by atoms with van der Waals surface area (Å²) in [6, 6.07) is 18.4. The zero-order chi connectivity index (χ0) is 20.1. The predicted molar refractivity (Wildman–Crippen MR) is 104 cm³/mol. The molecular weight excluding hydrogens is 359 g/mol. The van der Waals surface area contributed by atoms with Crippen molar-refractivity contribution in [3.05, 3.63) is 83.8 Å². The first-order valence-electron chi connectivity index (χ1n) is 8.74. The van der Waals surface area contributed by atoms with Crippen molar-refractivity contribution in [3.8, 4) is 11.3 Å². The van der Waals surface area contributed by atoms with Gasteiger partial charge in [0.15, 0.2) is 6.10 Å². The third kappa shape index (κ3) is 4.59. The van der Waals surface area contributed by atoms with E-state index in [-0.39, 0.29) is 11.3 Å². The molecule has 0 fully saturated rings. The summed E-state index contributed by atoms with van der Waals surface area (Å²) < 4.78 is 18.4. The summed E-state index contributed by atoms with van der Waals surface area (Å²) in [4.78, 5) is 29.1. The Labute approximate surface area is 162 Å². The number of rotatable bonds is 5. The van der Waals surface area contributed by atoms with Crippen LogP contribution in [0.4, 0.5) is 10.1 Å². The second kappa shape index (κ2) is 8.43. The van der Waals surface area contributed by atoms with Gasteiger partial charge in [-0.1, -0.05) is 36.4 Å². The molecule has 3 aromatic rings. The van der Waals surface area contributed by atoms with Crippen LogP contribution in [0.1, 0.15) is 23.0 Å². The molecule has 0 radical (unpaired) electrons. The van der Waals surface area contributed by atoms with Crippen LogP contribution in [0.15, 0.2) is 66.7 Å². The summed E-state index contributed by atoms with van der Waals surface area (Å²) in [7, 11) is 0. The van der Waals surface area contributed by atoms with Gasteiger partial charge in [-0.2, -0.15) is 0 Å². The van der Waals surface area contributed by atoms with E-state index in [0.717, 1.165) is 11.3 Å². The molecule has 0 aliphatic rings. The van der Waals surface area contributed by atoms with Gasteiger partial charge in [-0.25, -0.2) is 9.18 Å². The Bertz CT molecular complexity index is 1010. The molecule has 0 aliphatic heterocycles. The minimum Gasteiger partial charge on any atom is -0.449 e. The molecule has 1 N–H and O–H groups in total. The highest BCUT2D eigenvalue weighted by molar-refractivity contribution is 5.97. The molecule has 6 heteroatoms. The number of aromatic nitrogens is 1. The average molecular weight is 378 g/mol. The maximum atomic E-state index is 13.2. The van der Waals surface area contributed by atoms with E-state index in [9.17, 15) is 14.0 Å². The second-order valence-corrected chi connectivity index (χ2v) is 6.24. The Morgan fingerprint density at radius 1 is 1.04 bits per heavy atom. The van der Waals surface area contributed by atoms with Gasteiger partial charge in [0.05, 0.1) is 17.0 Å². The van der Waals surface area contributed by atoms with Crippen LogP contribution >= 0.6 is 0 Å². The van der Waals surface area contributed by atoms with Gasteiger partial charge in [0.2, 0.25) is 0 Å². The van der Waals surface area contributed by atoms with Crippen molar-refractivity contribution in [2.45, 2.75) is 20.0 Å². The number of carbonyl (C=O) groups is 2. The standard InChI is InChI=1S/C22H19FN2O3/c1-14-19(11-12-20(24-14)16-7-4-3-5-8-16)22(27)28-15(2)21(26)25-18-10-6-9-17(23)13-18/h3-13,15H,1-2H3,(H,25,26). The summed E-state index contributed by atoms with van der Waals surface area (Å²) in [6.45, 7) is 3.16. The molecule has 142 valence electrons. The first kappa shape index (κ1) is 19.2. The lowest BCUT2D eigenvalue weighted by Crippen LogP contribution is -2.30. The highest BCUT2D eigenvalue weighted by Crippen LogP contribution is 2.19. The van der Waals surface area contributed by atoms with Crippen molar-refractivity contribution in [2.75, 3.05) is 5.32 Å². The fourth-order valence-electron chi connectivity index (χ4n) is 2.63. The van der Waals surface area contributed by atoms with E-state index in [1.807, 2.05) is 30.3 Å². The van der Waals surface area contributed by atoms with Crippen LogP contribution in [0, 0.1) is 12.7 Å². The molecule has 0 aliphatic carbocycles. The fraction of sp³-hybridized carbons (Fsp3) is 0.136. The van der Waals surface area contributed by atoms with Gasteiger partial charge < -0.3 is 10.1 Å². The Morgan fingerprint density at radius 2 is 1.79 bits per heavy atom. The van der Waals surface area contributed by atoms with E-state index >= 15 is 0 Å². The van der Waals surface area contributed by atoms with Crippen LogP contribution in [0.3, 0.4) is 0 Å². The van der Waals surface area contributed by atoms with Gasteiger partial charge in [-0.3, -0.25) is 9.78 Å². The molecule has 1 atom stereocenters. The van der Waals surface area contributed by atoms with Crippen LogP contribution in [-0.2, 0) is 9.53 Å². The van der Waals surface area contributed by atoms with E-state index in [0.29, 0.717) is 5.69 Å². The van der Waals surface area contributed by atoms with Gasteiger partial charge in [-0.15, -0.1) is 0 Å². The summed E-state index contributed by atoms with van der Waals surface area (Å²) in [5.74, 6) is -1.67. The smallest absolute Gasteiger partial charge is 0.340 e. The number of nitrogens with zero attached hydrogens (tertiary/aromatic N) is 1. The van der Waals surface area contributed by atoms with Gasteiger partial charge in [-0.05, 0) is 44.2 Å².